The number of aromatic nitrogens is 6. The molecular formula is C20H14F2N6O. The minimum Gasteiger partial charge on any atom is -0.294 e. The van der Waals surface area contributed by atoms with Crippen LogP contribution in [0.4, 0.5) is 8.78 Å². The Hall–Kier alpha value is -3.75. The molecule has 1 aliphatic rings. The van der Waals surface area contributed by atoms with Crippen molar-refractivity contribution in [1.82, 2.24) is 29.6 Å². The van der Waals surface area contributed by atoms with E-state index in [4.69, 9.17) is 0 Å². The van der Waals surface area contributed by atoms with Crippen LogP contribution in [0.1, 0.15) is 22.5 Å². The normalized spacial score (nSPS) is 13.8. The molecule has 0 saturated carbocycles. The van der Waals surface area contributed by atoms with Crippen LogP contribution in [0, 0.1) is 0 Å². The van der Waals surface area contributed by atoms with Crippen molar-refractivity contribution in [2.24, 2.45) is 7.05 Å². The van der Waals surface area contributed by atoms with E-state index in [1.165, 1.54) is 18.2 Å². The van der Waals surface area contributed by atoms with Gasteiger partial charge in [-0.25, -0.2) is 0 Å². The van der Waals surface area contributed by atoms with E-state index in [0.29, 0.717) is 16.8 Å². The highest BCUT2D eigenvalue weighted by molar-refractivity contribution is 5.98. The van der Waals surface area contributed by atoms with Gasteiger partial charge in [-0.15, -0.1) is 10.2 Å². The maximum absolute atomic E-state index is 15.4. The molecule has 4 aromatic rings. The van der Waals surface area contributed by atoms with E-state index >= 15 is 8.78 Å². The standard InChI is InChI=1S/C20H14F2N6O/c1-27-11-14(10-23-27)17-6-7-18-24-25-19(28(18)26-17)20(21,22)15-4-2-13-9-16(29)5-3-12(13)8-15/h2-8,10-11H,9H2,1H3. The maximum Gasteiger partial charge on any atom is 0.333 e. The first-order valence-electron chi connectivity index (χ1n) is 8.86. The molecule has 3 aromatic heterocycles. The molecule has 0 radical (unpaired) electrons. The number of aryl methyl sites for hydroxylation is 1. The third-order valence-corrected chi connectivity index (χ3v) is 4.87. The van der Waals surface area contributed by atoms with Gasteiger partial charge in [-0.1, -0.05) is 18.2 Å². The minimum atomic E-state index is -3.43. The van der Waals surface area contributed by atoms with Crippen LogP contribution in [0.2, 0.25) is 0 Å². The lowest BCUT2D eigenvalue weighted by Gasteiger charge is -2.17. The SMILES string of the molecule is Cn1cc(-c2ccc3nnc(C(F)(F)c4ccc5c(c4)C=CC(=O)C5)n3n2)cn1. The van der Waals surface area contributed by atoms with Gasteiger partial charge in [0.1, 0.15) is 0 Å². The summed E-state index contributed by atoms with van der Waals surface area (Å²) in [6.45, 7) is 0. The van der Waals surface area contributed by atoms with Gasteiger partial charge < -0.3 is 0 Å². The van der Waals surface area contributed by atoms with E-state index in [2.05, 4.69) is 20.4 Å². The third kappa shape index (κ3) is 2.82. The van der Waals surface area contributed by atoms with E-state index in [-0.39, 0.29) is 23.4 Å². The van der Waals surface area contributed by atoms with Crippen molar-refractivity contribution in [3.05, 3.63) is 71.3 Å². The van der Waals surface area contributed by atoms with E-state index in [1.54, 1.807) is 48.4 Å². The lowest BCUT2D eigenvalue weighted by Crippen LogP contribution is -2.21. The molecule has 0 bridgehead atoms. The molecule has 0 amide bonds. The molecule has 0 saturated heterocycles. The van der Waals surface area contributed by atoms with Crippen molar-refractivity contribution in [3.8, 4) is 11.3 Å². The molecule has 0 aliphatic heterocycles. The van der Waals surface area contributed by atoms with Gasteiger partial charge in [0.15, 0.2) is 11.4 Å². The second-order valence-corrected chi connectivity index (χ2v) is 6.88. The molecule has 3 heterocycles. The number of fused-ring (bicyclic) bond motifs is 2. The number of alkyl halides is 2. The molecule has 0 atom stereocenters. The number of benzene rings is 1. The van der Waals surface area contributed by atoms with Gasteiger partial charge >= 0.3 is 5.92 Å². The first-order chi connectivity index (χ1) is 13.9. The molecule has 5 rings (SSSR count). The van der Waals surface area contributed by atoms with Crippen molar-refractivity contribution in [2.45, 2.75) is 12.3 Å². The lowest BCUT2D eigenvalue weighted by atomic mass is 9.93. The van der Waals surface area contributed by atoms with Crippen molar-refractivity contribution in [2.75, 3.05) is 0 Å². The summed E-state index contributed by atoms with van der Waals surface area (Å²) in [4.78, 5) is 11.5. The molecule has 144 valence electrons. The first kappa shape index (κ1) is 17.4. The summed E-state index contributed by atoms with van der Waals surface area (Å²) in [6, 6.07) is 7.52. The number of ketones is 1. The summed E-state index contributed by atoms with van der Waals surface area (Å²) < 4.78 is 33.4. The van der Waals surface area contributed by atoms with Gasteiger partial charge in [0.25, 0.3) is 0 Å². The van der Waals surface area contributed by atoms with Crippen LogP contribution in [-0.2, 0) is 24.2 Å². The second kappa shape index (κ2) is 6.13. The summed E-state index contributed by atoms with van der Waals surface area (Å²) in [5, 5.41) is 15.9. The second-order valence-electron chi connectivity index (χ2n) is 6.88. The zero-order chi connectivity index (χ0) is 20.2. The Bertz CT molecular complexity index is 1300. The smallest absolute Gasteiger partial charge is 0.294 e. The molecule has 1 aliphatic carbocycles. The summed E-state index contributed by atoms with van der Waals surface area (Å²) in [7, 11) is 1.76. The van der Waals surface area contributed by atoms with E-state index in [9.17, 15) is 4.79 Å². The molecule has 0 fully saturated rings. The Morgan fingerprint density at radius 3 is 2.76 bits per heavy atom. The summed E-state index contributed by atoms with van der Waals surface area (Å²) in [5.74, 6) is -4.05. The predicted molar refractivity (Wildman–Crippen MR) is 100 cm³/mol. The van der Waals surface area contributed by atoms with Crippen molar-refractivity contribution >= 4 is 17.5 Å². The Morgan fingerprint density at radius 2 is 1.97 bits per heavy atom. The lowest BCUT2D eigenvalue weighted by molar-refractivity contribution is -0.114. The highest BCUT2D eigenvalue weighted by atomic mass is 19.3. The largest absolute Gasteiger partial charge is 0.333 e. The monoisotopic (exact) mass is 392 g/mol. The van der Waals surface area contributed by atoms with E-state index in [0.717, 1.165) is 10.1 Å². The van der Waals surface area contributed by atoms with Gasteiger partial charge in [-0.05, 0) is 35.4 Å². The van der Waals surface area contributed by atoms with Gasteiger partial charge in [-0.3, -0.25) is 9.48 Å². The molecule has 7 nitrogen and oxygen atoms in total. The molecule has 0 N–H and O–H groups in total. The van der Waals surface area contributed by atoms with Crippen LogP contribution in [-0.4, -0.2) is 35.4 Å². The Balaban J connectivity index is 1.61. The van der Waals surface area contributed by atoms with Crippen LogP contribution in [0.25, 0.3) is 23.0 Å². The van der Waals surface area contributed by atoms with Crippen LogP contribution in [0.5, 0.6) is 0 Å². The number of hydrogen-bond donors (Lipinski definition) is 0. The first-order valence-corrected chi connectivity index (χ1v) is 8.86. The average molecular weight is 392 g/mol. The fraction of sp³-hybridized carbons (Fsp3) is 0.150. The minimum absolute atomic E-state index is 0.0485. The average Bonchev–Trinajstić information content (AvgIpc) is 3.33. The number of halogens is 2. The fourth-order valence-electron chi connectivity index (χ4n) is 3.36. The Morgan fingerprint density at radius 1 is 1.10 bits per heavy atom. The highest BCUT2D eigenvalue weighted by Gasteiger charge is 2.40. The molecule has 9 heteroatoms. The van der Waals surface area contributed by atoms with Crippen LogP contribution >= 0.6 is 0 Å². The van der Waals surface area contributed by atoms with Gasteiger partial charge in [0.05, 0.1) is 11.9 Å². The Kier molecular flexibility index (Phi) is 3.67. The van der Waals surface area contributed by atoms with Crippen LogP contribution in [0.3, 0.4) is 0 Å². The van der Waals surface area contributed by atoms with Gasteiger partial charge in [0.2, 0.25) is 5.82 Å². The molecule has 1 aromatic carbocycles. The van der Waals surface area contributed by atoms with Crippen LogP contribution < -0.4 is 0 Å². The zero-order valence-electron chi connectivity index (χ0n) is 15.3. The molecule has 29 heavy (non-hydrogen) atoms. The topological polar surface area (TPSA) is 78.0 Å². The molecule has 0 spiro atoms. The fourth-order valence-corrected chi connectivity index (χ4v) is 3.36. The molecular weight excluding hydrogens is 378 g/mol. The van der Waals surface area contributed by atoms with Crippen molar-refractivity contribution in [1.29, 1.82) is 0 Å². The highest BCUT2D eigenvalue weighted by Crippen LogP contribution is 2.36. The number of nitrogens with zero attached hydrogens (tertiary/aromatic N) is 6. The zero-order valence-corrected chi connectivity index (χ0v) is 15.3. The third-order valence-electron chi connectivity index (χ3n) is 4.87. The van der Waals surface area contributed by atoms with E-state index in [1.807, 2.05) is 0 Å². The van der Waals surface area contributed by atoms with E-state index < -0.39 is 11.7 Å². The van der Waals surface area contributed by atoms with Crippen molar-refractivity contribution < 1.29 is 13.6 Å². The summed E-state index contributed by atoms with van der Waals surface area (Å²) in [5.41, 5.74) is 2.48. The quantitative estimate of drug-likeness (QED) is 0.536. The predicted octanol–water partition coefficient (Wildman–Crippen LogP) is 2.80. The van der Waals surface area contributed by atoms with Gasteiger partial charge in [-0.2, -0.15) is 23.5 Å². The number of rotatable bonds is 3. The summed E-state index contributed by atoms with van der Waals surface area (Å²) in [6.07, 6.45) is 6.52. The Labute approximate surface area is 163 Å². The maximum atomic E-state index is 15.4. The summed E-state index contributed by atoms with van der Waals surface area (Å²) >= 11 is 0. The molecule has 0 unspecified atom stereocenters. The van der Waals surface area contributed by atoms with Crippen molar-refractivity contribution in [3.63, 3.8) is 0 Å². The number of allylic oxidation sites excluding steroid dienone is 1. The number of hydrogen-bond acceptors (Lipinski definition) is 5. The number of carbonyl (C=O) groups excluding carboxylic acids is 1. The number of carbonyl (C=O) groups is 1. The van der Waals surface area contributed by atoms with Crippen LogP contribution in [0.15, 0.2) is 48.8 Å². The van der Waals surface area contributed by atoms with Gasteiger partial charge in [0, 0.05) is 30.8 Å².